The molecule has 2 fully saturated rings. The number of rotatable bonds is 14. The first-order valence-electron chi connectivity index (χ1n) is 24.2. The maximum Gasteiger partial charge on any atom is 0.355 e. The van der Waals surface area contributed by atoms with Gasteiger partial charge in [0.1, 0.15) is 11.6 Å². The molecule has 4 aromatic carbocycles. The molecule has 3 aliphatic rings. The summed E-state index contributed by atoms with van der Waals surface area (Å²) in [5.41, 5.74) is 7.54. The second-order valence-corrected chi connectivity index (χ2v) is 20.0. The van der Waals surface area contributed by atoms with E-state index in [2.05, 4.69) is 37.9 Å². The van der Waals surface area contributed by atoms with Crippen molar-refractivity contribution in [3.8, 4) is 16.9 Å². The normalized spacial score (nSPS) is 16.9. The number of aryl methyl sites for hydroxylation is 2. The monoisotopic (exact) mass is 973 g/mol. The number of imide groups is 1. The number of thiazole rings is 1. The minimum Gasteiger partial charge on any atom is -0.491 e. The number of carbonyl (C=O) groups excluding carboxylic acids is 4. The van der Waals surface area contributed by atoms with Crippen molar-refractivity contribution < 1.29 is 33.8 Å². The number of carboxylic acids is 1. The van der Waals surface area contributed by atoms with Crippen molar-refractivity contribution >= 4 is 78.7 Å². The van der Waals surface area contributed by atoms with Crippen molar-refractivity contribution in [2.24, 2.45) is 13.0 Å². The van der Waals surface area contributed by atoms with Crippen molar-refractivity contribution in [2.45, 2.75) is 77.4 Å². The number of benzene rings is 4. The molecule has 2 saturated heterocycles. The van der Waals surface area contributed by atoms with E-state index in [0.717, 1.165) is 82.1 Å². The molecule has 0 radical (unpaired) electrons. The third-order valence-corrected chi connectivity index (χ3v) is 15.0. The third kappa shape index (κ3) is 10.2. The van der Waals surface area contributed by atoms with Gasteiger partial charge in [0.15, 0.2) is 10.8 Å². The summed E-state index contributed by atoms with van der Waals surface area (Å²) < 4.78 is 9.09. The molecular formula is C54H55N9O7S. The van der Waals surface area contributed by atoms with Crippen LogP contribution in [-0.2, 0) is 34.4 Å². The lowest BCUT2D eigenvalue weighted by Gasteiger charge is -2.32. The number of aromatic carboxylic acids is 1. The van der Waals surface area contributed by atoms with Crippen molar-refractivity contribution in [3.63, 3.8) is 0 Å². The Morgan fingerprint density at radius 2 is 1.72 bits per heavy atom. The number of hydrogen-bond acceptors (Lipinski definition) is 12. The molecule has 4 amide bonds. The molecule has 6 heterocycles. The first-order chi connectivity index (χ1) is 34.3. The quantitative estimate of drug-likeness (QED) is 0.0759. The first-order valence-corrected chi connectivity index (χ1v) is 25.0. The van der Waals surface area contributed by atoms with Gasteiger partial charge in [-0.1, -0.05) is 41.7 Å². The number of para-hydroxylation sites is 1. The molecule has 16 nitrogen and oxygen atoms in total. The maximum absolute atomic E-state index is 13.6. The highest BCUT2D eigenvalue weighted by Crippen LogP contribution is 2.35. The molecule has 0 unspecified atom stereocenters. The van der Waals surface area contributed by atoms with Crippen LogP contribution in [-0.4, -0.2) is 91.6 Å². The molecule has 2 atom stereocenters. The standard InChI is InChI=1S/C54H55N9O7S/c1-31-27-36(70-32(2)11-12-33-21-24-62(25-22-33)30-48(65)55-35-13-15-40-44(28-35)61(3)60-49(40)41-18-20-47(64)58-52(41)67)14-16-37(31)38-17-19-46(57-50(38)53(68)69)63-26-23-34-7-6-8-39(42(34)29-63)51(66)59-54-56-43-9-4-5-10-45(43)71-54/h4-10,13-17,19,27-28,32-33,41H,11-12,18,20-26,29-30H2,1-3H3,(H,55,65)(H,68,69)(H,56,59,66)(H,58,64,67)/t32-,41+/m0/s1. The van der Waals surface area contributed by atoms with E-state index in [0.29, 0.717) is 77.6 Å². The van der Waals surface area contributed by atoms with E-state index in [1.165, 1.54) is 11.3 Å². The van der Waals surface area contributed by atoms with E-state index in [1.54, 1.807) is 11.7 Å². The molecule has 0 aliphatic carbocycles. The fourth-order valence-corrected chi connectivity index (χ4v) is 11.1. The zero-order chi connectivity index (χ0) is 49.3. The van der Waals surface area contributed by atoms with Gasteiger partial charge in [-0.2, -0.15) is 5.10 Å². The Hall–Kier alpha value is -7.50. The van der Waals surface area contributed by atoms with Crippen molar-refractivity contribution in [1.29, 1.82) is 0 Å². The van der Waals surface area contributed by atoms with Crippen LogP contribution in [0.2, 0.25) is 0 Å². The lowest BCUT2D eigenvalue weighted by molar-refractivity contribution is -0.134. The number of ether oxygens (including phenoxy) is 1. The average molecular weight is 974 g/mol. The number of piperidine rings is 2. The van der Waals surface area contributed by atoms with E-state index in [1.807, 2.05) is 103 Å². The van der Waals surface area contributed by atoms with Gasteiger partial charge < -0.3 is 20.1 Å². The van der Waals surface area contributed by atoms with Gasteiger partial charge >= 0.3 is 5.97 Å². The number of anilines is 3. The number of hydrogen-bond donors (Lipinski definition) is 4. The number of pyridine rings is 1. The van der Waals surface area contributed by atoms with Crippen LogP contribution in [0.5, 0.6) is 5.75 Å². The van der Waals surface area contributed by atoms with E-state index >= 15 is 0 Å². The minimum absolute atomic E-state index is 0.0368. The zero-order valence-electron chi connectivity index (χ0n) is 39.9. The highest BCUT2D eigenvalue weighted by molar-refractivity contribution is 7.22. The molecule has 4 N–H and O–H groups in total. The van der Waals surface area contributed by atoms with E-state index in [4.69, 9.17) is 9.72 Å². The largest absolute Gasteiger partial charge is 0.491 e. The van der Waals surface area contributed by atoms with Gasteiger partial charge in [-0.15, -0.1) is 0 Å². The summed E-state index contributed by atoms with van der Waals surface area (Å²) in [6, 6.07) is 28.5. The number of likely N-dealkylation sites (tertiary alicyclic amines) is 1. The summed E-state index contributed by atoms with van der Waals surface area (Å²) in [7, 11) is 1.81. The average Bonchev–Trinajstić information content (AvgIpc) is 3.92. The Morgan fingerprint density at radius 3 is 2.51 bits per heavy atom. The van der Waals surface area contributed by atoms with Gasteiger partial charge in [0.2, 0.25) is 17.7 Å². The number of carboxylic acid groups (broad SMARTS) is 1. The number of amides is 4. The lowest BCUT2D eigenvalue weighted by atomic mass is 9.91. The van der Waals surface area contributed by atoms with Crippen LogP contribution in [0.4, 0.5) is 16.6 Å². The van der Waals surface area contributed by atoms with Gasteiger partial charge in [0, 0.05) is 48.8 Å². The predicted molar refractivity (Wildman–Crippen MR) is 273 cm³/mol. The van der Waals surface area contributed by atoms with E-state index in [9.17, 15) is 29.1 Å². The Labute approximate surface area is 414 Å². The summed E-state index contributed by atoms with van der Waals surface area (Å²) in [5.74, 6) is -0.766. The number of fused-ring (bicyclic) bond motifs is 3. The third-order valence-electron chi connectivity index (χ3n) is 14.1. The second-order valence-electron chi connectivity index (χ2n) is 18.9. The highest BCUT2D eigenvalue weighted by atomic mass is 32.1. The van der Waals surface area contributed by atoms with Gasteiger partial charge in [-0.25, -0.2) is 14.8 Å². The molecule has 0 bridgehead atoms. The number of carbonyl (C=O) groups is 5. The smallest absolute Gasteiger partial charge is 0.355 e. The summed E-state index contributed by atoms with van der Waals surface area (Å²) in [5, 5.41) is 24.8. The Bertz CT molecular complexity index is 3200. The van der Waals surface area contributed by atoms with Crippen LogP contribution >= 0.6 is 11.3 Å². The van der Waals surface area contributed by atoms with Gasteiger partial charge in [0.25, 0.3) is 5.91 Å². The molecule has 7 aromatic rings. The molecule has 364 valence electrons. The van der Waals surface area contributed by atoms with Crippen LogP contribution < -0.4 is 25.6 Å². The van der Waals surface area contributed by atoms with E-state index < -0.39 is 11.9 Å². The fraction of sp³-hybridized carbons (Fsp3) is 0.333. The Morgan fingerprint density at radius 1 is 0.901 bits per heavy atom. The number of nitrogens with one attached hydrogen (secondary N) is 3. The first kappa shape index (κ1) is 47.2. The molecule has 0 saturated carbocycles. The van der Waals surface area contributed by atoms with Crippen molar-refractivity contribution in [3.05, 3.63) is 125 Å². The fourth-order valence-electron chi connectivity index (χ4n) is 10.3. The molecule has 3 aromatic heterocycles. The van der Waals surface area contributed by atoms with Crippen LogP contribution in [0.3, 0.4) is 0 Å². The molecule has 71 heavy (non-hydrogen) atoms. The van der Waals surface area contributed by atoms with Crippen LogP contribution in [0.25, 0.3) is 32.2 Å². The number of aromatic nitrogens is 4. The van der Waals surface area contributed by atoms with Crippen LogP contribution in [0, 0.1) is 12.8 Å². The summed E-state index contributed by atoms with van der Waals surface area (Å²) in [4.78, 5) is 77.2. The molecule has 17 heteroatoms. The predicted octanol–water partition coefficient (Wildman–Crippen LogP) is 8.49. The van der Waals surface area contributed by atoms with Gasteiger partial charge in [-0.3, -0.25) is 39.4 Å². The maximum atomic E-state index is 13.6. The Kier molecular flexibility index (Phi) is 13.3. The molecular weight excluding hydrogens is 919 g/mol. The summed E-state index contributed by atoms with van der Waals surface area (Å²) >= 11 is 1.43. The molecule has 10 rings (SSSR count). The van der Waals surface area contributed by atoms with Crippen molar-refractivity contribution in [1.82, 2.24) is 30.0 Å². The van der Waals surface area contributed by atoms with E-state index in [-0.39, 0.29) is 41.8 Å². The summed E-state index contributed by atoms with van der Waals surface area (Å²) in [6.45, 7) is 7.00. The molecule has 3 aliphatic heterocycles. The highest BCUT2D eigenvalue weighted by Gasteiger charge is 2.32. The summed E-state index contributed by atoms with van der Waals surface area (Å²) in [6.07, 6.45) is 5.20. The van der Waals surface area contributed by atoms with Crippen LogP contribution in [0.15, 0.2) is 91.0 Å². The van der Waals surface area contributed by atoms with Crippen molar-refractivity contribution in [2.75, 3.05) is 41.7 Å². The van der Waals surface area contributed by atoms with Gasteiger partial charge in [0.05, 0.1) is 40.0 Å². The number of nitrogens with zero attached hydrogens (tertiary/aromatic N) is 6. The second kappa shape index (κ2) is 20.1. The zero-order valence-corrected chi connectivity index (χ0v) is 40.7. The lowest BCUT2D eigenvalue weighted by Crippen LogP contribution is -2.39. The minimum atomic E-state index is -1.12. The molecule has 0 spiro atoms. The SMILES string of the molecule is Cc1cc(O[C@@H](C)CCC2CCN(CC(=O)Nc3ccc4c([C@H]5CCC(=O)NC5=O)nn(C)c4c3)CC2)ccc1-c1ccc(N2CCc3cccc(C(=O)Nc4nc5ccccc5s4)c3C2)nc1C(=O)O. The topological polar surface area (TPSA) is 201 Å². The van der Waals surface area contributed by atoms with Gasteiger partial charge in [-0.05, 0) is 154 Å². The Balaban J connectivity index is 0.704. The van der Waals surface area contributed by atoms with Crippen LogP contribution in [0.1, 0.15) is 94.6 Å².